The fourth-order valence-electron chi connectivity index (χ4n) is 0.912. The van der Waals surface area contributed by atoms with Crippen LogP contribution in [0.4, 0.5) is 0 Å². The van der Waals surface area contributed by atoms with E-state index in [0.29, 0.717) is 16.3 Å². The predicted molar refractivity (Wildman–Crippen MR) is 49.2 cm³/mol. The standard InChI is InChI=1S/C7H4Cl2N4/c8-5-3-6(12-4-11-5)13-2-1-10-7(13)9/h1-4H. The molecule has 0 fully saturated rings. The number of hydrogen-bond acceptors (Lipinski definition) is 3. The maximum absolute atomic E-state index is 5.78. The Bertz CT molecular complexity index is 426. The van der Waals surface area contributed by atoms with Crippen molar-refractivity contribution in [1.29, 1.82) is 0 Å². The van der Waals surface area contributed by atoms with Crippen molar-refractivity contribution in [1.82, 2.24) is 19.5 Å². The van der Waals surface area contributed by atoms with Crippen LogP contribution >= 0.6 is 23.2 Å². The van der Waals surface area contributed by atoms with Crippen molar-refractivity contribution in [3.05, 3.63) is 35.2 Å². The lowest BCUT2D eigenvalue weighted by atomic mass is 10.6. The summed E-state index contributed by atoms with van der Waals surface area (Å²) in [6, 6.07) is 1.61. The van der Waals surface area contributed by atoms with Crippen molar-refractivity contribution in [2.24, 2.45) is 0 Å². The van der Waals surface area contributed by atoms with Crippen LogP contribution in [-0.2, 0) is 0 Å². The van der Waals surface area contributed by atoms with Crippen molar-refractivity contribution in [3.63, 3.8) is 0 Å². The second-order valence-electron chi connectivity index (χ2n) is 2.27. The highest BCUT2D eigenvalue weighted by atomic mass is 35.5. The zero-order valence-corrected chi connectivity index (χ0v) is 7.87. The summed E-state index contributed by atoms with van der Waals surface area (Å²) in [6.07, 6.45) is 4.65. The number of imidazole rings is 1. The Kier molecular flexibility index (Phi) is 2.16. The van der Waals surface area contributed by atoms with Gasteiger partial charge < -0.3 is 0 Å². The van der Waals surface area contributed by atoms with Gasteiger partial charge in [-0.3, -0.25) is 4.57 Å². The second kappa shape index (κ2) is 3.32. The Morgan fingerprint density at radius 2 is 2.00 bits per heavy atom. The van der Waals surface area contributed by atoms with Crippen molar-refractivity contribution < 1.29 is 0 Å². The van der Waals surface area contributed by atoms with E-state index in [9.17, 15) is 0 Å². The van der Waals surface area contributed by atoms with Gasteiger partial charge >= 0.3 is 0 Å². The summed E-state index contributed by atoms with van der Waals surface area (Å²) in [6.45, 7) is 0. The number of aromatic nitrogens is 4. The van der Waals surface area contributed by atoms with Gasteiger partial charge in [0.05, 0.1) is 0 Å². The van der Waals surface area contributed by atoms with E-state index in [1.807, 2.05) is 0 Å². The van der Waals surface area contributed by atoms with Crippen LogP contribution in [0, 0.1) is 0 Å². The van der Waals surface area contributed by atoms with Gasteiger partial charge in [-0.25, -0.2) is 15.0 Å². The van der Waals surface area contributed by atoms with E-state index >= 15 is 0 Å². The van der Waals surface area contributed by atoms with Crippen molar-refractivity contribution in [2.45, 2.75) is 0 Å². The van der Waals surface area contributed by atoms with Crippen LogP contribution in [-0.4, -0.2) is 19.5 Å². The first-order valence-corrected chi connectivity index (χ1v) is 4.20. The van der Waals surface area contributed by atoms with Gasteiger partial charge in [-0.1, -0.05) is 11.6 Å². The Morgan fingerprint density at radius 3 is 2.62 bits per heavy atom. The lowest BCUT2D eigenvalue weighted by molar-refractivity contribution is 0.971. The average Bonchev–Trinajstić information content (AvgIpc) is 2.51. The number of nitrogens with zero attached hydrogens (tertiary/aromatic N) is 4. The van der Waals surface area contributed by atoms with Crippen LogP contribution in [0.5, 0.6) is 0 Å². The van der Waals surface area contributed by atoms with Crippen LogP contribution in [0.2, 0.25) is 10.4 Å². The summed E-state index contributed by atoms with van der Waals surface area (Å²) in [5.74, 6) is 0.600. The summed E-state index contributed by atoms with van der Waals surface area (Å²) < 4.78 is 1.61. The van der Waals surface area contributed by atoms with Gasteiger partial charge in [0, 0.05) is 18.5 Å². The molecule has 0 saturated heterocycles. The molecule has 0 aliphatic heterocycles. The summed E-state index contributed by atoms with van der Waals surface area (Å²) in [4.78, 5) is 11.6. The topological polar surface area (TPSA) is 43.6 Å². The third-order valence-corrected chi connectivity index (χ3v) is 1.95. The Labute approximate surface area is 84.2 Å². The minimum absolute atomic E-state index is 0.342. The normalized spacial score (nSPS) is 10.3. The monoisotopic (exact) mass is 214 g/mol. The smallest absolute Gasteiger partial charge is 0.208 e. The average molecular weight is 215 g/mol. The van der Waals surface area contributed by atoms with E-state index in [0.717, 1.165) is 0 Å². The van der Waals surface area contributed by atoms with E-state index in [4.69, 9.17) is 23.2 Å². The third-order valence-electron chi connectivity index (χ3n) is 1.46. The maximum Gasteiger partial charge on any atom is 0.208 e. The first-order valence-electron chi connectivity index (χ1n) is 3.44. The van der Waals surface area contributed by atoms with E-state index < -0.39 is 0 Å². The molecule has 6 heteroatoms. The lowest BCUT2D eigenvalue weighted by Crippen LogP contribution is -1.96. The molecule has 0 unspecified atom stereocenters. The molecule has 66 valence electrons. The molecule has 2 aromatic rings. The number of halogens is 2. The lowest BCUT2D eigenvalue weighted by Gasteiger charge is -2.00. The van der Waals surface area contributed by atoms with Gasteiger partial charge in [-0.2, -0.15) is 0 Å². The van der Waals surface area contributed by atoms with Crippen LogP contribution < -0.4 is 0 Å². The van der Waals surface area contributed by atoms with E-state index in [-0.39, 0.29) is 0 Å². The Morgan fingerprint density at radius 1 is 1.15 bits per heavy atom. The van der Waals surface area contributed by atoms with Gasteiger partial charge in [0.2, 0.25) is 5.28 Å². The van der Waals surface area contributed by atoms with Crippen LogP contribution in [0.25, 0.3) is 5.82 Å². The van der Waals surface area contributed by atoms with Crippen LogP contribution in [0.1, 0.15) is 0 Å². The molecule has 0 radical (unpaired) electrons. The molecule has 2 aromatic heterocycles. The van der Waals surface area contributed by atoms with Crippen molar-refractivity contribution >= 4 is 23.2 Å². The molecule has 0 aliphatic carbocycles. The van der Waals surface area contributed by atoms with Gasteiger partial charge in [0.15, 0.2) is 0 Å². The molecule has 0 amide bonds. The summed E-state index contributed by atoms with van der Waals surface area (Å²) >= 11 is 11.5. The zero-order valence-electron chi connectivity index (χ0n) is 6.35. The summed E-state index contributed by atoms with van der Waals surface area (Å²) in [5, 5.41) is 0.713. The van der Waals surface area contributed by atoms with Gasteiger partial charge in [-0.05, 0) is 11.6 Å². The summed E-state index contributed by atoms with van der Waals surface area (Å²) in [5.41, 5.74) is 0. The quantitative estimate of drug-likeness (QED) is 0.683. The van der Waals surface area contributed by atoms with Gasteiger partial charge in [0.25, 0.3) is 0 Å². The van der Waals surface area contributed by atoms with Gasteiger partial charge in [0.1, 0.15) is 17.3 Å². The largest absolute Gasteiger partial charge is 0.274 e. The van der Waals surface area contributed by atoms with E-state index in [1.165, 1.54) is 6.33 Å². The molecule has 0 atom stereocenters. The molecular weight excluding hydrogens is 211 g/mol. The second-order valence-corrected chi connectivity index (χ2v) is 2.99. The first-order chi connectivity index (χ1) is 6.27. The van der Waals surface area contributed by atoms with E-state index in [1.54, 1.807) is 23.0 Å². The fraction of sp³-hybridized carbons (Fsp3) is 0. The van der Waals surface area contributed by atoms with Crippen molar-refractivity contribution in [3.8, 4) is 5.82 Å². The van der Waals surface area contributed by atoms with Crippen LogP contribution in [0.15, 0.2) is 24.8 Å². The Balaban J connectivity index is 2.53. The van der Waals surface area contributed by atoms with Crippen LogP contribution in [0.3, 0.4) is 0 Å². The molecule has 0 bridgehead atoms. The molecule has 13 heavy (non-hydrogen) atoms. The minimum atomic E-state index is 0.342. The number of rotatable bonds is 1. The SMILES string of the molecule is Clc1cc(-n2ccnc2Cl)ncn1. The molecule has 0 N–H and O–H groups in total. The molecule has 2 rings (SSSR count). The minimum Gasteiger partial charge on any atom is -0.274 e. The first kappa shape index (κ1) is 8.47. The molecule has 4 nitrogen and oxygen atoms in total. The van der Waals surface area contributed by atoms with E-state index in [2.05, 4.69) is 15.0 Å². The molecule has 0 aromatic carbocycles. The molecule has 0 saturated carbocycles. The fourth-order valence-corrected chi connectivity index (χ4v) is 1.25. The predicted octanol–water partition coefficient (Wildman–Crippen LogP) is 1.97. The Hall–Kier alpha value is -1.13. The maximum atomic E-state index is 5.78. The van der Waals surface area contributed by atoms with Gasteiger partial charge in [-0.15, -0.1) is 0 Å². The molecule has 2 heterocycles. The van der Waals surface area contributed by atoms with Crippen molar-refractivity contribution in [2.75, 3.05) is 0 Å². The highest BCUT2D eigenvalue weighted by Crippen LogP contribution is 2.13. The number of hydrogen-bond donors (Lipinski definition) is 0. The highest BCUT2D eigenvalue weighted by Gasteiger charge is 2.03. The highest BCUT2D eigenvalue weighted by molar-refractivity contribution is 6.29. The molecular formula is C7H4Cl2N4. The zero-order chi connectivity index (χ0) is 9.26. The summed E-state index contributed by atoms with van der Waals surface area (Å²) in [7, 11) is 0. The third kappa shape index (κ3) is 1.64. The molecule has 0 aliphatic rings. The molecule has 0 spiro atoms.